The van der Waals surface area contributed by atoms with Crippen LogP contribution in [-0.2, 0) is 12.1 Å². The van der Waals surface area contributed by atoms with Gasteiger partial charge in [-0.2, -0.15) is 13.2 Å². The molecule has 0 radical (unpaired) electrons. The molecule has 0 aromatic heterocycles. The summed E-state index contributed by atoms with van der Waals surface area (Å²) in [7, 11) is 0. The highest BCUT2D eigenvalue weighted by Gasteiger charge is 2.33. The van der Waals surface area contributed by atoms with Gasteiger partial charge >= 0.3 is 6.18 Å². The third kappa shape index (κ3) is 3.59. The first-order valence-electron chi connectivity index (χ1n) is 5.65. The minimum Gasteiger partial charge on any atom is -0.166 e. The molecule has 0 spiro atoms. The average Bonchev–Trinajstić information content (AvgIpc) is 2.42. The molecule has 0 nitrogen and oxygen atoms in total. The third-order valence-electron chi connectivity index (χ3n) is 2.88. The van der Waals surface area contributed by atoms with Crippen molar-refractivity contribution in [3.63, 3.8) is 0 Å². The second-order valence-corrected chi connectivity index (χ2v) is 5.72. The standard InChI is InChI=1S/C14H7Cl4F3/c15-6-8-2-1-7(3-10(8)14(19,20)21)9-4-11(16)13(18)12(17)5-9/h1-5H,6H2. The lowest BCUT2D eigenvalue weighted by molar-refractivity contribution is -0.138. The first kappa shape index (κ1) is 16.8. The molecule has 2 aromatic rings. The Morgan fingerprint density at radius 3 is 1.90 bits per heavy atom. The molecule has 0 aliphatic heterocycles. The molecule has 0 unspecified atom stereocenters. The van der Waals surface area contributed by atoms with Crippen LogP contribution in [0.2, 0.25) is 15.1 Å². The van der Waals surface area contributed by atoms with E-state index in [1.54, 1.807) is 0 Å². The molecule has 2 aromatic carbocycles. The van der Waals surface area contributed by atoms with Gasteiger partial charge in [0.1, 0.15) is 0 Å². The molecule has 0 fully saturated rings. The monoisotopic (exact) mass is 372 g/mol. The Kier molecular flexibility index (Phi) is 4.99. The van der Waals surface area contributed by atoms with Gasteiger partial charge in [-0.1, -0.05) is 46.9 Å². The highest BCUT2D eigenvalue weighted by atomic mass is 35.5. The van der Waals surface area contributed by atoms with Crippen molar-refractivity contribution >= 4 is 46.4 Å². The van der Waals surface area contributed by atoms with Gasteiger partial charge in [0.15, 0.2) is 0 Å². The van der Waals surface area contributed by atoms with Gasteiger partial charge < -0.3 is 0 Å². The van der Waals surface area contributed by atoms with E-state index in [0.29, 0.717) is 11.1 Å². The van der Waals surface area contributed by atoms with E-state index in [0.717, 1.165) is 6.07 Å². The van der Waals surface area contributed by atoms with Crippen molar-refractivity contribution in [2.75, 3.05) is 0 Å². The maximum absolute atomic E-state index is 13.0. The summed E-state index contributed by atoms with van der Waals surface area (Å²) in [5, 5.41) is 0.513. The van der Waals surface area contributed by atoms with Crippen molar-refractivity contribution in [3.8, 4) is 11.1 Å². The van der Waals surface area contributed by atoms with Gasteiger partial charge in [0.05, 0.1) is 20.6 Å². The minimum absolute atomic E-state index is 0.0130. The van der Waals surface area contributed by atoms with Crippen LogP contribution in [0.25, 0.3) is 11.1 Å². The van der Waals surface area contributed by atoms with Crippen LogP contribution in [0.15, 0.2) is 30.3 Å². The molecule has 0 saturated heterocycles. The molecule has 7 heteroatoms. The quantitative estimate of drug-likeness (QED) is 0.390. The number of alkyl halides is 4. The van der Waals surface area contributed by atoms with Crippen molar-refractivity contribution in [1.82, 2.24) is 0 Å². The average molecular weight is 374 g/mol. The molecule has 0 bridgehead atoms. The Labute approximate surface area is 139 Å². The maximum atomic E-state index is 13.0. The van der Waals surface area contributed by atoms with E-state index in [4.69, 9.17) is 46.4 Å². The number of hydrogen-bond donors (Lipinski definition) is 0. The van der Waals surface area contributed by atoms with Crippen LogP contribution < -0.4 is 0 Å². The van der Waals surface area contributed by atoms with Crippen LogP contribution >= 0.6 is 46.4 Å². The van der Waals surface area contributed by atoms with E-state index in [-0.39, 0.29) is 26.5 Å². The van der Waals surface area contributed by atoms with Crippen molar-refractivity contribution in [2.45, 2.75) is 12.1 Å². The van der Waals surface area contributed by atoms with Gasteiger partial charge in [0, 0.05) is 5.88 Å². The predicted molar refractivity (Wildman–Crippen MR) is 81.5 cm³/mol. The molecule has 0 N–H and O–H groups in total. The fraction of sp³-hybridized carbons (Fsp3) is 0.143. The van der Waals surface area contributed by atoms with E-state index >= 15 is 0 Å². The summed E-state index contributed by atoms with van der Waals surface area (Å²) in [6.07, 6.45) is -4.49. The normalized spacial score (nSPS) is 11.8. The van der Waals surface area contributed by atoms with Gasteiger partial charge in [0.25, 0.3) is 0 Å². The minimum atomic E-state index is -4.49. The first-order valence-corrected chi connectivity index (χ1v) is 7.32. The summed E-state index contributed by atoms with van der Waals surface area (Å²) in [5.74, 6) is -0.225. The molecule has 0 atom stereocenters. The molecule has 0 aliphatic rings. The fourth-order valence-electron chi connectivity index (χ4n) is 1.86. The van der Waals surface area contributed by atoms with Crippen LogP contribution in [0, 0.1) is 0 Å². The summed E-state index contributed by atoms with van der Waals surface area (Å²) in [5.41, 5.74) is 0.00829. The highest BCUT2D eigenvalue weighted by molar-refractivity contribution is 6.48. The van der Waals surface area contributed by atoms with Crippen LogP contribution in [0.1, 0.15) is 11.1 Å². The third-order valence-corrected chi connectivity index (χ3v) is 4.36. The topological polar surface area (TPSA) is 0 Å². The van der Waals surface area contributed by atoms with Gasteiger partial charge in [-0.15, -0.1) is 11.6 Å². The summed E-state index contributed by atoms with van der Waals surface area (Å²) in [6, 6.07) is 6.81. The Morgan fingerprint density at radius 1 is 0.857 bits per heavy atom. The molecule has 0 aliphatic carbocycles. The van der Waals surface area contributed by atoms with Gasteiger partial charge in [0.2, 0.25) is 0 Å². The van der Waals surface area contributed by atoms with Crippen LogP contribution in [0.3, 0.4) is 0 Å². The first-order chi connectivity index (χ1) is 9.74. The maximum Gasteiger partial charge on any atom is 0.416 e. The van der Waals surface area contributed by atoms with Crippen molar-refractivity contribution in [2.24, 2.45) is 0 Å². The van der Waals surface area contributed by atoms with Crippen LogP contribution in [0.5, 0.6) is 0 Å². The van der Waals surface area contributed by atoms with Gasteiger partial charge in [-0.25, -0.2) is 0 Å². The van der Waals surface area contributed by atoms with Crippen LogP contribution in [-0.4, -0.2) is 0 Å². The van der Waals surface area contributed by atoms with E-state index in [9.17, 15) is 13.2 Å². The molecule has 0 heterocycles. The molecular weight excluding hydrogens is 367 g/mol. The molecule has 2 rings (SSSR count). The fourth-order valence-corrected chi connectivity index (χ4v) is 2.69. The van der Waals surface area contributed by atoms with Crippen molar-refractivity contribution in [1.29, 1.82) is 0 Å². The van der Waals surface area contributed by atoms with Gasteiger partial charge in [-0.3, -0.25) is 0 Å². The lowest BCUT2D eigenvalue weighted by Crippen LogP contribution is -2.08. The van der Waals surface area contributed by atoms with E-state index in [2.05, 4.69) is 0 Å². The Hall–Kier alpha value is -0.610. The largest absolute Gasteiger partial charge is 0.416 e. The molecule has 112 valence electrons. The Morgan fingerprint density at radius 2 is 1.43 bits per heavy atom. The van der Waals surface area contributed by atoms with E-state index < -0.39 is 11.7 Å². The van der Waals surface area contributed by atoms with Crippen LogP contribution in [0.4, 0.5) is 13.2 Å². The number of rotatable bonds is 2. The van der Waals surface area contributed by atoms with E-state index in [1.165, 1.54) is 24.3 Å². The lowest BCUT2D eigenvalue weighted by atomic mass is 9.99. The van der Waals surface area contributed by atoms with Gasteiger partial charge in [-0.05, 0) is 34.9 Å². The Balaban J connectivity index is 2.61. The zero-order valence-electron chi connectivity index (χ0n) is 10.2. The zero-order chi connectivity index (χ0) is 15.8. The summed E-state index contributed by atoms with van der Waals surface area (Å²) in [6.45, 7) is 0. The molecule has 21 heavy (non-hydrogen) atoms. The van der Waals surface area contributed by atoms with E-state index in [1.807, 2.05) is 0 Å². The number of benzene rings is 2. The smallest absolute Gasteiger partial charge is 0.166 e. The summed E-state index contributed by atoms with van der Waals surface area (Å²) in [4.78, 5) is 0. The molecule has 0 saturated carbocycles. The summed E-state index contributed by atoms with van der Waals surface area (Å²) >= 11 is 23.2. The lowest BCUT2D eigenvalue weighted by Gasteiger charge is -2.14. The van der Waals surface area contributed by atoms with Crippen molar-refractivity contribution in [3.05, 3.63) is 56.5 Å². The second-order valence-electron chi connectivity index (χ2n) is 4.26. The Bertz CT molecular complexity index is 657. The van der Waals surface area contributed by atoms with Crippen molar-refractivity contribution < 1.29 is 13.2 Å². The second kappa shape index (κ2) is 6.25. The highest BCUT2D eigenvalue weighted by Crippen LogP contribution is 2.38. The zero-order valence-corrected chi connectivity index (χ0v) is 13.3. The predicted octanol–water partition coefficient (Wildman–Crippen LogP) is 7.07. The number of hydrogen-bond acceptors (Lipinski definition) is 0. The molecular formula is C14H7Cl4F3. The summed E-state index contributed by atoms with van der Waals surface area (Å²) < 4.78 is 39.1. The molecule has 0 amide bonds. The number of halogens is 7. The SMILES string of the molecule is FC(F)(F)c1cc(-c2cc(Cl)c(Cl)c(Cl)c2)ccc1CCl.